The van der Waals surface area contributed by atoms with Gasteiger partial charge in [-0.2, -0.15) is 0 Å². The molecule has 3 rings (SSSR count). The Labute approximate surface area is 102 Å². The highest BCUT2D eigenvalue weighted by Gasteiger charge is 2.61. The fourth-order valence-electron chi connectivity index (χ4n) is 4.37. The minimum absolute atomic E-state index is 0.523. The van der Waals surface area contributed by atoms with Crippen LogP contribution in [0.5, 0.6) is 0 Å². The zero-order chi connectivity index (χ0) is 11.2. The molecule has 5 atom stereocenters. The summed E-state index contributed by atoms with van der Waals surface area (Å²) in [5.41, 5.74) is 0.745. The predicted octanol–water partition coefficient (Wildman–Crippen LogP) is 3.20. The fourth-order valence-corrected chi connectivity index (χ4v) is 4.86. The van der Waals surface area contributed by atoms with Gasteiger partial charge in [-0.3, -0.25) is 0 Å². The molecule has 16 heavy (non-hydrogen) atoms. The Bertz CT molecular complexity index is 276. The van der Waals surface area contributed by atoms with Gasteiger partial charge in [-0.25, -0.2) is 0 Å². The quantitative estimate of drug-likeness (QED) is 0.693. The van der Waals surface area contributed by atoms with Gasteiger partial charge in [0.05, 0.1) is 0 Å². The van der Waals surface area contributed by atoms with E-state index in [1.807, 2.05) is 0 Å². The van der Waals surface area contributed by atoms with E-state index in [4.69, 9.17) is 0 Å². The number of hydrogen-bond acceptors (Lipinski definition) is 1. The van der Waals surface area contributed by atoms with Crippen LogP contribution in [0.25, 0.3) is 0 Å². The lowest BCUT2D eigenvalue weighted by Gasteiger charge is -2.36. The van der Waals surface area contributed by atoms with Crippen molar-refractivity contribution in [2.75, 3.05) is 13.1 Å². The standard InChI is InChI=1S/C14H26NP/c1-13(16)6-4-2-3-5-11(7-13)14-8-12(14)9-15-10-14/h11-12,15H,2-10,16H2,1H3. The van der Waals surface area contributed by atoms with Crippen LogP contribution < -0.4 is 5.32 Å². The molecule has 3 fully saturated rings. The normalized spacial score (nSPS) is 52.9. The molecule has 5 unspecified atom stereocenters. The third-order valence-electron chi connectivity index (χ3n) is 5.45. The van der Waals surface area contributed by atoms with Crippen LogP contribution in [0.15, 0.2) is 0 Å². The molecule has 0 bridgehead atoms. The highest BCUT2D eigenvalue weighted by molar-refractivity contribution is 7.18. The molecule has 0 aromatic carbocycles. The molecule has 1 nitrogen and oxygen atoms in total. The summed E-state index contributed by atoms with van der Waals surface area (Å²) < 4.78 is 0. The van der Waals surface area contributed by atoms with E-state index in [2.05, 4.69) is 21.5 Å². The van der Waals surface area contributed by atoms with Crippen molar-refractivity contribution in [2.24, 2.45) is 17.3 Å². The molecule has 92 valence electrons. The SMILES string of the molecule is CC1(P)CCCCCC(C23CNCC2C3)C1. The van der Waals surface area contributed by atoms with Crippen molar-refractivity contribution in [3.8, 4) is 0 Å². The molecule has 0 aromatic rings. The smallest absolute Gasteiger partial charge is 0.00138 e. The van der Waals surface area contributed by atoms with Crippen LogP contribution in [0.3, 0.4) is 0 Å². The van der Waals surface area contributed by atoms with Gasteiger partial charge >= 0.3 is 0 Å². The second kappa shape index (κ2) is 3.95. The van der Waals surface area contributed by atoms with Gasteiger partial charge in [0.1, 0.15) is 0 Å². The summed E-state index contributed by atoms with van der Waals surface area (Å²) in [6.07, 6.45) is 10.3. The van der Waals surface area contributed by atoms with E-state index in [-0.39, 0.29) is 0 Å². The summed E-state index contributed by atoms with van der Waals surface area (Å²) in [5.74, 6) is 2.05. The van der Waals surface area contributed by atoms with Gasteiger partial charge < -0.3 is 5.32 Å². The van der Waals surface area contributed by atoms with Crippen LogP contribution in [-0.4, -0.2) is 18.2 Å². The first-order valence-electron chi connectivity index (χ1n) is 7.12. The zero-order valence-electron chi connectivity index (χ0n) is 10.6. The van der Waals surface area contributed by atoms with Crippen LogP contribution in [0.1, 0.15) is 51.9 Å². The summed E-state index contributed by atoms with van der Waals surface area (Å²) >= 11 is 0. The lowest BCUT2D eigenvalue weighted by Crippen LogP contribution is -2.31. The van der Waals surface area contributed by atoms with E-state index < -0.39 is 0 Å². The van der Waals surface area contributed by atoms with Crippen LogP contribution in [0.2, 0.25) is 0 Å². The molecule has 1 N–H and O–H groups in total. The average Bonchev–Trinajstić information content (AvgIpc) is 2.76. The third kappa shape index (κ3) is 1.95. The molecule has 0 spiro atoms. The Balaban J connectivity index is 1.72. The lowest BCUT2D eigenvalue weighted by molar-refractivity contribution is 0.225. The molecule has 1 aliphatic heterocycles. The molecule has 2 aliphatic carbocycles. The van der Waals surface area contributed by atoms with Gasteiger partial charge in [-0.1, -0.05) is 26.2 Å². The van der Waals surface area contributed by atoms with Crippen molar-refractivity contribution in [1.29, 1.82) is 0 Å². The van der Waals surface area contributed by atoms with E-state index in [0.717, 1.165) is 17.3 Å². The third-order valence-corrected chi connectivity index (χ3v) is 5.97. The van der Waals surface area contributed by atoms with Crippen molar-refractivity contribution >= 4 is 9.24 Å². The lowest BCUT2D eigenvalue weighted by atomic mass is 9.75. The fraction of sp³-hybridized carbons (Fsp3) is 1.00. The van der Waals surface area contributed by atoms with Crippen LogP contribution >= 0.6 is 9.24 Å². The number of nitrogens with one attached hydrogen (secondary N) is 1. The molecule has 0 amide bonds. The molecule has 2 saturated carbocycles. The number of fused-ring (bicyclic) bond motifs is 1. The predicted molar refractivity (Wildman–Crippen MR) is 72.7 cm³/mol. The Morgan fingerprint density at radius 3 is 2.69 bits per heavy atom. The van der Waals surface area contributed by atoms with E-state index in [0.29, 0.717) is 5.16 Å². The molecular formula is C14H26NP. The van der Waals surface area contributed by atoms with Crippen LogP contribution in [0.4, 0.5) is 0 Å². The maximum atomic E-state index is 3.62. The summed E-state index contributed by atoms with van der Waals surface area (Å²) in [6.45, 7) is 5.10. The number of rotatable bonds is 1. The first-order chi connectivity index (χ1) is 7.62. The summed E-state index contributed by atoms with van der Waals surface area (Å²) in [6, 6.07) is 0. The van der Waals surface area contributed by atoms with Crippen LogP contribution in [-0.2, 0) is 0 Å². The Hall–Kier alpha value is 0.390. The topological polar surface area (TPSA) is 12.0 Å². The summed E-state index contributed by atoms with van der Waals surface area (Å²) in [4.78, 5) is 0. The molecule has 1 heterocycles. The van der Waals surface area contributed by atoms with E-state index in [9.17, 15) is 0 Å². The van der Waals surface area contributed by atoms with Crippen LogP contribution in [0, 0.1) is 17.3 Å². The van der Waals surface area contributed by atoms with Crippen molar-refractivity contribution in [1.82, 2.24) is 5.32 Å². The average molecular weight is 239 g/mol. The minimum Gasteiger partial charge on any atom is -0.316 e. The maximum absolute atomic E-state index is 3.62. The molecule has 1 saturated heterocycles. The molecule has 0 radical (unpaired) electrons. The molecular weight excluding hydrogens is 213 g/mol. The first kappa shape index (κ1) is 11.5. The number of hydrogen-bond donors (Lipinski definition) is 1. The van der Waals surface area contributed by atoms with Crippen molar-refractivity contribution in [3.05, 3.63) is 0 Å². The zero-order valence-corrected chi connectivity index (χ0v) is 11.8. The van der Waals surface area contributed by atoms with Crippen molar-refractivity contribution in [3.63, 3.8) is 0 Å². The second-order valence-corrected chi connectivity index (χ2v) is 8.31. The molecule has 2 heteroatoms. The Kier molecular flexibility index (Phi) is 2.84. The number of piperidine rings is 1. The monoisotopic (exact) mass is 239 g/mol. The second-order valence-electron chi connectivity index (χ2n) is 6.92. The molecule has 0 aromatic heterocycles. The van der Waals surface area contributed by atoms with Gasteiger partial charge in [0.25, 0.3) is 0 Å². The van der Waals surface area contributed by atoms with Crippen molar-refractivity contribution in [2.45, 2.75) is 57.0 Å². The Morgan fingerprint density at radius 2 is 2.00 bits per heavy atom. The molecule has 3 aliphatic rings. The van der Waals surface area contributed by atoms with Gasteiger partial charge in [-0.05, 0) is 54.6 Å². The van der Waals surface area contributed by atoms with Gasteiger partial charge in [0.15, 0.2) is 0 Å². The summed E-state index contributed by atoms with van der Waals surface area (Å²) in [7, 11) is 3.16. The maximum Gasteiger partial charge on any atom is 0.00138 e. The highest BCUT2D eigenvalue weighted by Crippen LogP contribution is 2.63. The van der Waals surface area contributed by atoms with E-state index in [1.54, 1.807) is 0 Å². The Morgan fingerprint density at radius 1 is 1.12 bits per heavy atom. The van der Waals surface area contributed by atoms with Gasteiger partial charge in [0.2, 0.25) is 0 Å². The largest absolute Gasteiger partial charge is 0.316 e. The first-order valence-corrected chi connectivity index (χ1v) is 7.70. The highest BCUT2D eigenvalue weighted by atomic mass is 31.0. The van der Waals surface area contributed by atoms with E-state index >= 15 is 0 Å². The van der Waals surface area contributed by atoms with E-state index in [1.165, 1.54) is 58.0 Å². The van der Waals surface area contributed by atoms with Crippen molar-refractivity contribution < 1.29 is 0 Å². The minimum atomic E-state index is 0.523. The van der Waals surface area contributed by atoms with Gasteiger partial charge in [0, 0.05) is 6.54 Å². The van der Waals surface area contributed by atoms with Gasteiger partial charge in [-0.15, -0.1) is 9.24 Å². The summed E-state index contributed by atoms with van der Waals surface area (Å²) in [5, 5.41) is 4.14.